The van der Waals surface area contributed by atoms with E-state index in [9.17, 15) is 13.2 Å². The number of carbonyl (C=O) groups excluding carboxylic acids is 1. The molecule has 18 heavy (non-hydrogen) atoms. The Morgan fingerprint density at radius 3 is 2.22 bits per heavy atom. The summed E-state index contributed by atoms with van der Waals surface area (Å²) in [5.41, 5.74) is 0. The second-order valence-electron chi connectivity index (χ2n) is 5.75. The highest BCUT2D eigenvalue weighted by molar-refractivity contribution is 7.90. The van der Waals surface area contributed by atoms with Gasteiger partial charge < -0.3 is 5.32 Å². The maximum atomic E-state index is 11.9. The Morgan fingerprint density at radius 1 is 1.06 bits per heavy atom. The van der Waals surface area contributed by atoms with E-state index in [0.29, 0.717) is 19.1 Å². The van der Waals surface area contributed by atoms with Crippen molar-refractivity contribution in [2.45, 2.75) is 49.8 Å². The van der Waals surface area contributed by atoms with Gasteiger partial charge in [0.15, 0.2) is 0 Å². The molecule has 3 fully saturated rings. The molecule has 1 saturated heterocycles. The lowest BCUT2D eigenvalue weighted by Gasteiger charge is -2.37. The Hall–Kier alpha value is -0.620. The second-order valence-corrected chi connectivity index (χ2v) is 7.96. The van der Waals surface area contributed by atoms with Crippen molar-refractivity contribution in [1.82, 2.24) is 9.62 Å². The van der Waals surface area contributed by atoms with Gasteiger partial charge in [0, 0.05) is 19.1 Å². The van der Waals surface area contributed by atoms with Crippen LogP contribution < -0.4 is 5.32 Å². The first-order chi connectivity index (χ1) is 8.57. The maximum Gasteiger partial charge on any atom is 0.225 e. The van der Waals surface area contributed by atoms with E-state index in [4.69, 9.17) is 0 Å². The first kappa shape index (κ1) is 12.4. The molecule has 0 aromatic carbocycles. The number of carbonyl (C=O) groups is 1. The third kappa shape index (κ3) is 2.28. The van der Waals surface area contributed by atoms with Gasteiger partial charge in [-0.3, -0.25) is 4.79 Å². The van der Waals surface area contributed by atoms with Gasteiger partial charge in [0.05, 0.1) is 11.2 Å². The molecular weight excluding hydrogens is 252 g/mol. The molecule has 1 heterocycles. The Kier molecular flexibility index (Phi) is 3.10. The highest BCUT2D eigenvalue weighted by atomic mass is 32.2. The summed E-state index contributed by atoms with van der Waals surface area (Å²) in [6, 6.07) is 0.326. The monoisotopic (exact) mass is 272 g/mol. The predicted molar refractivity (Wildman–Crippen MR) is 67.4 cm³/mol. The fourth-order valence-corrected chi connectivity index (χ4v) is 4.71. The summed E-state index contributed by atoms with van der Waals surface area (Å²) in [5.74, 6) is -0.0803. The van der Waals surface area contributed by atoms with E-state index in [2.05, 4.69) is 5.32 Å². The largest absolute Gasteiger partial charge is 0.353 e. The third-order valence-electron chi connectivity index (χ3n) is 4.23. The molecule has 1 aliphatic heterocycles. The molecular formula is C12H20N2O3S. The van der Waals surface area contributed by atoms with Crippen molar-refractivity contribution in [1.29, 1.82) is 0 Å². The highest BCUT2D eigenvalue weighted by Crippen LogP contribution is 2.34. The fourth-order valence-electron chi connectivity index (χ4n) is 2.78. The Labute approximate surface area is 108 Å². The lowest BCUT2D eigenvalue weighted by atomic mass is 10.0. The molecule has 6 heteroatoms. The Bertz CT molecular complexity index is 432. The zero-order chi connectivity index (χ0) is 12.8. The topological polar surface area (TPSA) is 66.5 Å². The average Bonchev–Trinajstić information content (AvgIpc) is 2.98. The van der Waals surface area contributed by atoms with Crippen LogP contribution in [0.5, 0.6) is 0 Å². The van der Waals surface area contributed by atoms with E-state index >= 15 is 0 Å². The van der Waals surface area contributed by atoms with Crippen LogP contribution in [-0.4, -0.2) is 43.0 Å². The number of rotatable bonds is 4. The van der Waals surface area contributed by atoms with Gasteiger partial charge in [0.1, 0.15) is 0 Å². The summed E-state index contributed by atoms with van der Waals surface area (Å²) in [6.07, 6.45) is 6.11. The maximum absolute atomic E-state index is 11.9. The second kappa shape index (κ2) is 4.49. The molecule has 0 atom stereocenters. The van der Waals surface area contributed by atoms with E-state index in [1.807, 2.05) is 0 Å². The molecule has 0 radical (unpaired) electrons. The van der Waals surface area contributed by atoms with E-state index in [1.165, 1.54) is 17.1 Å². The van der Waals surface area contributed by atoms with E-state index in [-0.39, 0.29) is 17.1 Å². The highest BCUT2D eigenvalue weighted by Gasteiger charge is 2.47. The first-order valence-corrected chi connectivity index (χ1v) is 8.37. The van der Waals surface area contributed by atoms with Crippen LogP contribution in [-0.2, 0) is 14.8 Å². The van der Waals surface area contributed by atoms with E-state index in [1.54, 1.807) is 0 Å². The number of hydrogen-bond acceptors (Lipinski definition) is 3. The lowest BCUT2D eigenvalue weighted by molar-refractivity contribution is -0.128. The molecule has 0 aromatic rings. The zero-order valence-corrected chi connectivity index (χ0v) is 11.3. The molecule has 102 valence electrons. The Morgan fingerprint density at radius 2 is 1.67 bits per heavy atom. The van der Waals surface area contributed by atoms with Gasteiger partial charge in [-0.05, 0) is 25.7 Å². The lowest BCUT2D eigenvalue weighted by Crippen LogP contribution is -2.57. The van der Waals surface area contributed by atoms with Gasteiger partial charge in [-0.15, -0.1) is 0 Å². The molecule has 0 bridgehead atoms. The van der Waals surface area contributed by atoms with Crippen LogP contribution in [0.15, 0.2) is 0 Å². The number of hydrogen-bond donors (Lipinski definition) is 1. The van der Waals surface area contributed by atoms with Crippen LogP contribution in [0, 0.1) is 5.92 Å². The van der Waals surface area contributed by atoms with E-state index < -0.39 is 10.0 Å². The smallest absolute Gasteiger partial charge is 0.225 e. The quantitative estimate of drug-likeness (QED) is 0.809. The third-order valence-corrected chi connectivity index (χ3v) is 6.56. The number of nitrogens with zero attached hydrogens (tertiary/aromatic N) is 1. The number of sulfonamides is 1. The predicted octanol–water partition coefficient (Wildman–Crippen LogP) is 0.469. The molecule has 0 spiro atoms. The fraction of sp³-hybridized carbons (Fsp3) is 0.917. The molecule has 0 aromatic heterocycles. The molecule has 5 nitrogen and oxygen atoms in total. The minimum Gasteiger partial charge on any atom is -0.353 e. The van der Waals surface area contributed by atoms with Crippen molar-refractivity contribution in [3.05, 3.63) is 0 Å². The number of nitrogens with one attached hydrogen (secondary N) is 1. The Balaban J connectivity index is 1.48. The van der Waals surface area contributed by atoms with Gasteiger partial charge in [0.2, 0.25) is 15.9 Å². The molecule has 3 aliphatic rings. The van der Waals surface area contributed by atoms with Crippen LogP contribution in [0.2, 0.25) is 0 Å². The summed E-state index contributed by atoms with van der Waals surface area (Å²) < 4.78 is 25.2. The molecule has 2 saturated carbocycles. The van der Waals surface area contributed by atoms with E-state index in [0.717, 1.165) is 25.7 Å². The van der Waals surface area contributed by atoms with Crippen molar-refractivity contribution in [3.63, 3.8) is 0 Å². The van der Waals surface area contributed by atoms with Gasteiger partial charge >= 0.3 is 0 Å². The van der Waals surface area contributed by atoms with Crippen molar-refractivity contribution in [3.8, 4) is 0 Å². The van der Waals surface area contributed by atoms with Crippen LogP contribution in [0.25, 0.3) is 0 Å². The van der Waals surface area contributed by atoms with Gasteiger partial charge in [-0.25, -0.2) is 8.42 Å². The number of amides is 1. The van der Waals surface area contributed by atoms with Crippen molar-refractivity contribution in [2.75, 3.05) is 13.1 Å². The van der Waals surface area contributed by atoms with Gasteiger partial charge in [-0.2, -0.15) is 4.31 Å². The molecule has 3 rings (SSSR count). The molecule has 1 N–H and O–H groups in total. The summed E-state index contributed by atoms with van der Waals surface area (Å²) >= 11 is 0. The van der Waals surface area contributed by atoms with Crippen LogP contribution in [0.1, 0.15) is 38.5 Å². The minimum atomic E-state index is -3.07. The normalized spacial score (nSPS) is 27.1. The summed E-state index contributed by atoms with van der Waals surface area (Å²) in [6.45, 7) is 0.773. The summed E-state index contributed by atoms with van der Waals surface area (Å²) in [4.78, 5) is 11.9. The van der Waals surface area contributed by atoms with Crippen LogP contribution in [0.3, 0.4) is 0 Å². The first-order valence-electron chi connectivity index (χ1n) is 6.87. The van der Waals surface area contributed by atoms with Crippen molar-refractivity contribution in [2.24, 2.45) is 5.92 Å². The SMILES string of the molecule is O=C(NC1CCCC1)C1CN(S(=O)(=O)C2CC2)C1. The summed E-state index contributed by atoms with van der Waals surface area (Å²) in [7, 11) is -3.07. The average molecular weight is 272 g/mol. The summed E-state index contributed by atoms with van der Waals surface area (Å²) in [5, 5.41) is 2.88. The van der Waals surface area contributed by atoms with Crippen LogP contribution in [0.4, 0.5) is 0 Å². The minimum absolute atomic E-state index is 0.0455. The van der Waals surface area contributed by atoms with Crippen molar-refractivity contribution < 1.29 is 13.2 Å². The molecule has 1 amide bonds. The zero-order valence-electron chi connectivity index (χ0n) is 10.5. The van der Waals surface area contributed by atoms with Gasteiger partial charge in [-0.1, -0.05) is 12.8 Å². The van der Waals surface area contributed by atoms with Crippen molar-refractivity contribution >= 4 is 15.9 Å². The molecule has 0 unspecified atom stereocenters. The van der Waals surface area contributed by atoms with Crippen LogP contribution >= 0.6 is 0 Å². The standard InChI is InChI=1S/C12H20N2O3S/c15-12(13-10-3-1-2-4-10)9-7-14(8-9)18(16,17)11-5-6-11/h9-11H,1-8H2,(H,13,15). The molecule has 2 aliphatic carbocycles. The van der Waals surface area contributed by atoms with Gasteiger partial charge in [0.25, 0.3) is 0 Å².